The van der Waals surface area contributed by atoms with Crippen molar-refractivity contribution in [2.75, 3.05) is 0 Å². The summed E-state index contributed by atoms with van der Waals surface area (Å²) in [7, 11) is 0. The van der Waals surface area contributed by atoms with E-state index in [0.29, 0.717) is 22.2 Å². The van der Waals surface area contributed by atoms with Gasteiger partial charge < -0.3 is 0 Å². The lowest BCUT2D eigenvalue weighted by Crippen LogP contribution is -1.99. The molecule has 0 spiro atoms. The Balaban J connectivity index is 2.52. The first-order chi connectivity index (χ1) is 8.06. The Bertz CT molecular complexity index is 541. The van der Waals surface area contributed by atoms with E-state index in [1.165, 1.54) is 12.1 Å². The lowest BCUT2D eigenvalue weighted by Gasteiger charge is -2.07. The molecule has 1 heterocycles. The molecule has 2 rings (SSSR count). The van der Waals surface area contributed by atoms with E-state index in [1.54, 1.807) is 18.2 Å². The fraction of sp³-hybridized carbons (Fsp3) is 0.231. The number of nitrogens with zero attached hydrogens (tertiary/aromatic N) is 2. The molecule has 1 aromatic heterocycles. The molecule has 0 radical (unpaired) electrons. The van der Waals surface area contributed by atoms with Crippen molar-refractivity contribution in [3.05, 3.63) is 47.1 Å². The number of hydrogen-bond donors (Lipinski definition) is 0. The van der Waals surface area contributed by atoms with Gasteiger partial charge in [-0.1, -0.05) is 37.6 Å². The largest absolute Gasteiger partial charge is 0.233 e. The minimum atomic E-state index is -0.289. The molecular formula is C13H12ClFN2. The minimum Gasteiger partial charge on any atom is -0.233 e. The van der Waals surface area contributed by atoms with Gasteiger partial charge in [-0.3, -0.25) is 0 Å². The minimum absolute atomic E-state index is 0.181. The van der Waals surface area contributed by atoms with E-state index in [1.807, 2.05) is 13.8 Å². The first-order valence-electron chi connectivity index (χ1n) is 5.36. The average Bonchev–Trinajstić information content (AvgIpc) is 2.28. The van der Waals surface area contributed by atoms with Gasteiger partial charge in [-0.05, 0) is 12.1 Å². The van der Waals surface area contributed by atoms with Gasteiger partial charge in [0.05, 0.1) is 5.69 Å². The molecule has 0 saturated heterocycles. The highest BCUT2D eigenvalue weighted by atomic mass is 35.5. The van der Waals surface area contributed by atoms with Crippen molar-refractivity contribution in [1.29, 1.82) is 0 Å². The summed E-state index contributed by atoms with van der Waals surface area (Å²) in [5, 5.41) is 0.378. The van der Waals surface area contributed by atoms with Gasteiger partial charge in [0.1, 0.15) is 16.8 Å². The zero-order valence-electron chi connectivity index (χ0n) is 9.61. The number of aromatic nitrogens is 2. The van der Waals surface area contributed by atoms with E-state index in [9.17, 15) is 4.39 Å². The molecular weight excluding hydrogens is 239 g/mol. The molecule has 0 saturated carbocycles. The molecule has 0 aliphatic carbocycles. The fourth-order valence-corrected chi connectivity index (χ4v) is 1.68. The maximum Gasteiger partial charge on any atom is 0.133 e. The van der Waals surface area contributed by atoms with E-state index in [2.05, 4.69) is 9.97 Å². The Kier molecular flexibility index (Phi) is 3.38. The molecule has 4 heteroatoms. The molecule has 0 unspecified atom stereocenters. The molecule has 88 valence electrons. The molecule has 0 atom stereocenters. The first kappa shape index (κ1) is 12.0. The molecule has 0 aliphatic rings. The van der Waals surface area contributed by atoms with Crippen LogP contribution in [0.5, 0.6) is 0 Å². The monoisotopic (exact) mass is 250 g/mol. The van der Waals surface area contributed by atoms with Crippen LogP contribution in [0.15, 0.2) is 30.3 Å². The van der Waals surface area contributed by atoms with Gasteiger partial charge >= 0.3 is 0 Å². The lowest BCUT2D eigenvalue weighted by atomic mass is 10.1. The zero-order valence-corrected chi connectivity index (χ0v) is 10.4. The van der Waals surface area contributed by atoms with Crippen molar-refractivity contribution in [3.63, 3.8) is 0 Å². The van der Waals surface area contributed by atoms with Crippen LogP contribution in [0.3, 0.4) is 0 Å². The third kappa shape index (κ3) is 2.80. The van der Waals surface area contributed by atoms with Crippen LogP contribution >= 0.6 is 11.6 Å². The van der Waals surface area contributed by atoms with Crippen LogP contribution in [0.25, 0.3) is 11.3 Å². The van der Waals surface area contributed by atoms with Gasteiger partial charge in [-0.2, -0.15) is 0 Å². The van der Waals surface area contributed by atoms with Crippen molar-refractivity contribution in [1.82, 2.24) is 9.97 Å². The van der Waals surface area contributed by atoms with Crippen LogP contribution in [-0.4, -0.2) is 9.97 Å². The van der Waals surface area contributed by atoms with Crippen molar-refractivity contribution in [2.45, 2.75) is 19.8 Å². The molecule has 0 bridgehead atoms. The van der Waals surface area contributed by atoms with Gasteiger partial charge in [0.25, 0.3) is 0 Å². The number of halogens is 2. The van der Waals surface area contributed by atoms with E-state index in [0.717, 1.165) is 0 Å². The summed E-state index contributed by atoms with van der Waals surface area (Å²) in [6.45, 7) is 3.97. The van der Waals surface area contributed by atoms with Crippen LogP contribution in [0.2, 0.25) is 5.15 Å². The van der Waals surface area contributed by atoms with Crippen LogP contribution in [0.4, 0.5) is 4.39 Å². The zero-order chi connectivity index (χ0) is 12.4. The van der Waals surface area contributed by atoms with Gasteiger partial charge in [0, 0.05) is 17.5 Å². The quantitative estimate of drug-likeness (QED) is 0.751. The number of rotatable bonds is 2. The Morgan fingerprint density at radius 3 is 2.59 bits per heavy atom. The SMILES string of the molecule is CC(C)c1nc(Cl)cc(-c2cccc(F)c2)n1. The van der Waals surface area contributed by atoms with Gasteiger partial charge in [-0.15, -0.1) is 0 Å². The van der Waals surface area contributed by atoms with Crippen molar-refractivity contribution < 1.29 is 4.39 Å². The van der Waals surface area contributed by atoms with E-state index in [-0.39, 0.29) is 11.7 Å². The summed E-state index contributed by atoms with van der Waals surface area (Å²) >= 11 is 5.94. The summed E-state index contributed by atoms with van der Waals surface area (Å²) in [5.41, 5.74) is 1.35. The maximum absolute atomic E-state index is 13.1. The van der Waals surface area contributed by atoms with E-state index < -0.39 is 0 Å². The summed E-state index contributed by atoms with van der Waals surface area (Å²) in [6.07, 6.45) is 0. The molecule has 2 nitrogen and oxygen atoms in total. The van der Waals surface area contributed by atoms with Gasteiger partial charge in [0.15, 0.2) is 0 Å². The highest BCUT2D eigenvalue weighted by molar-refractivity contribution is 6.29. The van der Waals surface area contributed by atoms with Gasteiger partial charge in [0.2, 0.25) is 0 Å². The fourth-order valence-electron chi connectivity index (χ4n) is 1.49. The van der Waals surface area contributed by atoms with Gasteiger partial charge in [-0.25, -0.2) is 14.4 Å². The molecule has 17 heavy (non-hydrogen) atoms. The second-order valence-electron chi connectivity index (χ2n) is 4.10. The van der Waals surface area contributed by atoms with Crippen LogP contribution < -0.4 is 0 Å². The summed E-state index contributed by atoms with van der Waals surface area (Å²) < 4.78 is 13.1. The average molecular weight is 251 g/mol. The second-order valence-corrected chi connectivity index (χ2v) is 4.49. The second kappa shape index (κ2) is 4.80. The number of hydrogen-bond acceptors (Lipinski definition) is 2. The molecule has 1 aromatic carbocycles. The summed E-state index contributed by atoms with van der Waals surface area (Å²) in [5.74, 6) is 0.557. The molecule has 0 fully saturated rings. The summed E-state index contributed by atoms with van der Waals surface area (Å²) in [6, 6.07) is 7.92. The van der Waals surface area contributed by atoms with Crippen molar-refractivity contribution in [3.8, 4) is 11.3 Å². The topological polar surface area (TPSA) is 25.8 Å². The summed E-state index contributed by atoms with van der Waals surface area (Å²) in [4.78, 5) is 8.52. The Labute approximate surface area is 104 Å². The Hall–Kier alpha value is -1.48. The van der Waals surface area contributed by atoms with Crippen molar-refractivity contribution in [2.24, 2.45) is 0 Å². The Morgan fingerprint density at radius 2 is 1.94 bits per heavy atom. The first-order valence-corrected chi connectivity index (χ1v) is 5.74. The molecule has 2 aromatic rings. The highest BCUT2D eigenvalue weighted by Crippen LogP contribution is 2.22. The van der Waals surface area contributed by atoms with Crippen molar-refractivity contribution >= 4 is 11.6 Å². The van der Waals surface area contributed by atoms with Crippen LogP contribution in [0.1, 0.15) is 25.6 Å². The molecule has 0 amide bonds. The lowest BCUT2D eigenvalue weighted by molar-refractivity contribution is 0.628. The predicted octanol–water partition coefficient (Wildman–Crippen LogP) is 4.06. The standard InChI is InChI=1S/C13H12ClFN2/c1-8(2)13-16-11(7-12(14)17-13)9-4-3-5-10(15)6-9/h3-8H,1-2H3. The third-order valence-corrected chi connectivity index (χ3v) is 2.54. The number of benzene rings is 1. The van der Waals surface area contributed by atoms with E-state index in [4.69, 9.17) is 11.6 Å². The smallest absolute Gasteiger partial charge is 0.133 e. The predicted molar refractivity (Wildman–Crippen MR) is 66.5 cm³/mol. The normalized spacial score (nSPS) is 10.9. The molecule has 0 N–H and O–H groups in total. The highest BCUT2D eigenvalue weighted by Gasteiger charge is 2.08. The maximum atomic E-state index is 13.1. The van der Waals surface area contributed by atoms with E-state index >= 15 is 0 Å². The van der Waals surface area contributed by atoms with Crippen LogP contribution in [0, 0.1) is 5.82 Å². The Morgan fingerprint density at radius 1 is 1.18 bits per heavy atom. The van der Waals surface area contributed by atoms with Crippen LogP contribution in [-0.2, 0) is 0 Å². The third-order valence-electron chi connectivity index (χ3n) is 2.35. The molecule has 0 aliphatic heterocycles.